The van der Waals surface area contributed by atoms with Gasteiger partial charge in [-0.3, -0.25) is 4.98 Å². The SMILES string of the molecule is C#CC(Cc1cccnc1)c1ccc(C#CC2CC2)cc1. The van der Waals surface area contributed by atoms with E-state index in [9.17, 15) is 0 Å². The Morgan fingerprint density at radius 2 is 2.00 bits per heavy atom. The zero-order valence-electron chi connectivity index (χ0n) is 11.9. The summed E-state index contributed by atoms with van der Waals surface area (Å²) in [5.41, 5.74) is 3.40. The van der Waals surface area contributed by atoms with E-state index >= 15 is 0 Å². The van der Waals surface area contributed by atoms with Crippen LogP contribution in [0.3, 0.4) is 0 Å². The predicted molar refractivity (Wildman–Crippen MR) is 85.6 cm³/mol. The van der Waals surface area contributed by atoms with E-state index in [-0.39, 0.29) is 5.92 Å². The molecule has 0 spiro atoms. The first kappa shape index (κ1) is 13.5. The quantitative estimate of drug-likeness (QED) is 0.774. The van der Waals surface area contributed by atoms with Gasteiger partial charge in [0.2, 0.25) is 0 Å². The van der Waals surface area contributed by atoms with E-state index in [0.717, 1.165) is 17.5 Å². The predicted octanol–water partition coefficient (Wildman–Crippen LogP) is 3.80. The second kappa shape index (κ2) is 6.29. The van der Waals surface area contributed by atoms with Gasteiger partial charge in [0, 0.05) is 29.8 Å². The van der Waals surface area contributed by atoms with Crippen LogP contribution in [0.5, 0.6) is 0 Å². The van der Waals surface area contributed by atoms with E-state index in [1.54, 1.807) is 6.20 Å². The van der Waals surface area contributed by atoms with E-state index in [0.29, 0.717) is 5.92 Å². The fraction of sp³-hybridized carbons (Fsp3) is 0.250. The number of hydrogen-bond donors (Lipinski definition) is 0. The first-order chi connectivity index (χ1) is 10.3. The maximum absolute atomic E-state index is 5.70. The average molecular weight is 271 g/mol. The van der Waals surface area contributed by atoms with Gasteiger partial charge in [-0.05, 0) is 48.6 Å². The number of benzene rings is 1. The van der Waals surface area contributed by atoms with Gasteiger partial charge in [0.05, 0.1) is 0 Å². The van der Waals surface area contributed by atoms with Gasteiger partial charge in [0.15, 0.2) is 0 Å². The fourth-order valence-corrected chi connectivity index (χ4v) is 2.24. The summed E-state index contributed by atoms with van der Waals surface area (Å²) in [4.78, 5) is 4.14. The lowest BCUT2D eigenvalue weighted by atomic mass is 9.93. The van der Waals surface area contributed by atoms with Crippen molar-refractivity contribution in [3.63, 3.8) is 0 Å². The van der Waals surface area contributed by atoms with Gasteiger partial charge < -0.3 is 0 Å². The lowest BCUT2D eigenvalue weighted by Gasteiger charge is -2.11. The molecule has 0 bridgehead atoms. The summed E-state index contributed by atoms with van der Waals surface area (Å²) in [6, 6.07) is 12.3. The molecule has 1 nitrogen and oxygen atoms in total. The minimum atomic E-state index is 0.0830. The molecule has 0 amide bonds. The van der Waals surface area contributed by atoms with Crippen molar-refractivity contribution in [1.82, 2.24) is 4.98 Å². The normalized spacial score (nSPS) is 14.6. The molecule has 0 N–H and O–H groups in total. The van der Waals surface area contributed by atoms with Gasteiger partial charge in [0.25, 0.3) is 0 Å². The van der Waals surface area contributed by atoms with Crippen molar-refractivity contribution < 1.29 is 0 Å². The minimum absolute atomic E-state index is 0.0830. The number of terminal acetylenes is 1. The highest BCUT2D eigenvalue weighted by Gasteiger charge is 2.17. The Labute approximate surface area is 126 Å². The molecule has 0 aliphatic heterocycles. The van der Waals surface area contributed by atoms with Crippen molar-refractivity contribution in [1.29, 1.82) is 0 Å². The second-order valence-electron chi connectivity index (χ2n) is 5.45. The van der Waals surface area contributed by atoms with E-state index < -0.39 is 0 Å². The molecule has 1 unspecified atom stereocenters. The van der Waals surface area contributed by atoms with E-state index in [4.69, 9.17) is 6.42 Å². The third-order valence-electron chi connectivity index (χ3n) is 3.67. The molecule has 1 aliphatic rings. The van der Waals surface area contributed by atoms with Crippen LogP contribution in [-0.2, 0) is 6.42 Å². The molecule has 102 valence electrons. The Balaban J connectivity index is 1.72. The van der Waals surface area contributed by atoms with Crippen molar-refractivity contribution in [2.45, 2.75) is 25.2 Å². The highest BCUT2D eigenvalue weighted by Crippen LogP contribution is 2.27. The van der Waals surface area contributed by atoms with Crippen LogP contribution in [0.1, 0.15) is 35.4 Å². The average Bonchev–Trinajstić information content (AvgIpc) is 3.37. The third-order valence-corrected chi connectivity index (χ3v) is 3.67. The first-order valence-corrected chi connectivity index (χ1v) is 7.31. The number of rotatable bonds is 3. The number of pyridine rings is 1. The molecule has 1 aromatic carbocycles. The van der Waals surface area contributed by atoms with E-state index in [1.807, 2.05) is 12.3 Å². The van der Waals surface area contributed by atoms with Gasteiger partial charge in [0.1, 0.15) is 0 Å². The number of aromatic nitrogens is 1. The Morgan fingerprint density at radius 3 is 2.62 bits per heavy atom. The molecule has 21 heavy (non-hydrogen) atoms. The molecule has 2 aromatic rings. The molecule has 1 heteroatoms. The summed E-state index contributed by atoms with van der Waals surface area (Å²) in [6.45, 7) is 0. The van der Waals surface area contributed by atoms with Crippen LogP contribution in [0, 0.1) is 30.1 Å². The summed E-state index contributed by atoms with van der Waals surface area (Å²) >= 11 is 0. The van der Waals surface area contributed by atoms with Crippen LogP contribution in [0.2, 0.25) is 0 Å². The Morgan fingerprint density at radius 1 is 1.19 bits per heavy atom. The summed E-state index contributed by atoms with van der Waals surface area (Å²) in [5.74, 6) is 10.1. The monoisotopic (exact) mass is 271 g/mol. The van der Waals surface area contributed by atoms with Crippen LogP contribution in [-0.4, -0.2) is 4.98 Å². The maximum atomic E-state index is 5.70. The summed E-state index contributed by atoms with van der Waals surface area (Å²) < 4.78 is 0. The summed E-state index contributed by atoms with van der Waals surface area (Å²) in [5, 5.41) is 0. The number of hydrogen-bond acceptors (Lipinski definition) is 1. The van der Waals surface area contributed by atoms with Crippen LogP contribution in [0.25, 0.3) is 0 Å². The highest BCUT2D eigenvalue weighted by atomic mass is 14.6. The Kier molecular flexibility index (Phi) is 4.04. The standard InChI is InChI=1S/C20H17N/c1-2-19(14-18-4-3-13-21-15-18)20-11-9-17(10-12-20)8-7-16-5-6-16/h1,3-4,9-13,15-16,19H,5-6,14H2. The Hall–Kier alpha value is -2.51. The van der Waals surface area contributed by atoms with E-state index in [1.165, 1.54) is 18.4 Å². The smallest absolute Gasteiger partial charge is 0.0490 e. The summed E-state index contributed by atoms with van der Waals surface area (Å²) in [7, 11) is 0. The fourth-order valence-electron chi connectivity index (χ4n) is 2.24. The minimum Gasteiger partial charge on any atom is -0.264 e. The van der Waals surface area contributed by atoms with Crippen LogP contribution < -0.4 is 0 Å². The summed E-state index contributed by atoms with van der Waals surface area (Å²) in [6.07, 6.45) is 12.7. The van der Waals surface area contributed by atoms with Gasteiger partial charge in [-0.2, -0.15) is 0 Å². The molecule has 0 radical (unpaired) electrons. The van der Waals surface area contributed by atoms with Crippen molar-refractivity contribution in [2.75, 3.05) is 0 Å². The molecule has 1 aromatic heterocycles. The zero-order valence-corrected chi connectivity index (χ0v) is 11.9. The lowest BCUT2D eigenvalue weighted by Crippen LogP contribution is -2.00. The van der Waals surface area contributed by atoms with Gasteiger partial charge >= 0.3 is 0 Å². The van der Waals surface area contributed by atoms with Crippen molar-refractivity contribution >= 4 is 0 Å². The third kappa shape index (κ3) is 3.74. The van der Waals surface area contributed by atoms with Gasteiger partial charge in [-0.25, -0.2) is 0 Å². The van der Waals surface area contributed by atoms with E-state index in [2.05, 4.69) is 53.1 Å². The lowest BCUT2D eigenvalue weighted by molar-refractivity contribution is 0.857. The van der Waals surface area contributed by atoms with Crippen LogP contribution in [0.15, 0.2) is 48.8 Å². The highest BCUT2D eigenvalue weighted by molar-refractivity contribution is 5.40. The first-order valence-electron chi connectivity index (χ1n) is 7.31. The molecule has 1 saturated carbocycles. The number of nitrogens with zero attached hydrogens (tertiary/aromatic N) is 1. The van der Waals surface area contributed by atoms with Gasteiger partial charge in [-0.15, -0.1) is 6.42 Å². The Bertz CT molecular complexity index is 691. The second-order valence-corrected chi connectivity index (χ2v) is 5.45. The molecule has 1 heterocycles. The largest absolute Gasteiger partial charge is 0.264 e. The van der Waals surface area contributed by atoms with Crippen LogP contribution >= 0.6 is 0 Å². The molecular formula is C20H17N. The zero-order chi connectivity index (χ0) is 14.5. The van der Waals surface area contributed by atoms with Crippen LogP contribution in [0.4, 0.5) is 0 Å². The van der Waals surface area contributed by atoms with Crippen molar-refractivity contribution in [2.24, 2.45) is 5.92 Å². The molecule has 0 saturated heterocycles. The maximum Gasteiger partial charge on any atom is 0.0490 e. The molecule has 1 atom stereocenters. The molecule has 1 aliphatic carbocycles. The van der Waals surface area contributed by atoms with Crippen molar-refractivity contribution in [3.05, 3.63) is 65.5 Å². The molecular weight excluding hydrogens is 254 g/mol. The van der Waals surface area contributed by atoms with Gasteiger partial charge in [-0.1, -0.05) is 36.0 Å². The van der Waals surface area contributed by atoms with Crippen molar-refractivity contribution in [3.8, 4) is 24.2 Å². The molecule has 3 rings (SSSR count). The topological polar surface area (TPSA) is 12.9 Å². The molecule has 1 fully saturated rings.